The number of ether oxygens (including phenoxy) is 1. The maximum absolute atomic E-state index is 12.9. The molecule has 0 saturated heterocycles. The van der Waals surface area contributed by atoms with Crippen LogP contribution in [0, 0.1) is 17.1 Å². The SMILES string of the molecule is CCOC(=O)c1sc(N)c(C#N)c1CSc1n[nH]c(/C=C\c2ccc(F)cc2)n1. The van der Waals surface area contributed by atoms with Gasteiger partial charge in [0.1, 0.15) is 27.6 Å². The van der Waals surface area contributed by atoms with Crippen LogP contribution in [0.1, 0.15) is 39.1 Å². The fourth-order valence-corrected chi connectivity index (χ4v) is 4.25. The van der Waals surface area contributed by atoms with Crippen molar-refractivity contribution in [2.75, 3.05) is 12.3 Å². The first-order chi connectivity index (χ1) is 14.0. The first-order valence-corrected chi connectivity index (χ1v) is 10.3. The molecule has 3 rings (SSSR count). The van der Waals surface area contributed by atoms with E-state index in [1.165, 1.54) is 23.9 Å². The highest BCUT2D eigenvalue weighted by Gasteiger charge is 2.23. The van der Waals surface area contributed by atoms with Crippen LogP contribution in [0.4, 0.5) is 9.39 Å². The fourth-order valence-electron chi connectivity index (χ4n) is 2.39. The number of nitrogens with one attached hydrogen (secondary N) is 1. The van der Waals surface area contributed by atoms with Crippen LogP contribution >= 0.6 is 23.1 Å². The minimum absolute atomic E-state index is 0.232. The lowest BCUT2D eigenvalue weighted by Crippen LogP contribution is -2.05. The van der Waals surface area contributed by atoms with Crippen LogP contribution in [0.25, 0.3) is 12.2 Å². The van der Waals surface area contributed by atoms with E-state index < -0.39 is 5.97 Å². The van der Waals surface area contributed by atoms with Crippen LogP contribution < -0.4 is 5.73 Å². The molecule has 1 aromatic carbocycles. The molecule has 0 aliphatic carbocycles. The molecule has 0 spiro atoms. The van der Waals surface area contributed by atoms with Crippen molar-refractivity contribution < 1.29 is 13.9 Å². The number of halogens is 1. The van der Waals surface area contributed by atoms with Crippen molar-refractivity contribution in [2.24, 2.45) is 0 Å². The van der Waals surface area contributed by atoms with Crippen molar-refractivity contribution >= 4 is 46.2 Å². The molecule has 29 heavy (non-hydrogen) atoms. The van der Waals surface area contributed by atoms with Gasteiger partial charge in [-0.25, -0.2) is 14.2 Å². The summed E-state index contributed by atoms with van der Waals surface area (Å²) >= 11 is 2.31. The lowest BCUT2D eigenvalue weighted by molar-refractivity contribution is 0.0531. The summed E-state index contributed by atoms with van der Waals surface area (Å²) in [5.41, 5.74) is 7.49. The summed E-state index contributed by atoms with van der Waals surface area (Å²) in [6.07, 6.45) is 3.50. The summed E-state index contributed by atoms with van der Waals surface area (Å²) in [4.78, 5) is 16.8. The molecular weight excluding hydrogens is 413 g/mol. The van der Waals surface area contributed by atoms with Gasteiger partial charge in [0.05, 0.1) is 12.2 Å². The van der Waals surface area contributed by atoms with Crippen molar-refractivity contribution in [3.05, 3.63) is 57.5 Å². The summed E-state index contributed by atoms with van der Waals surface area (Å²) in [6.45, 7) is 1.94. The number of aromatic nitrogens is 3. The Bertz CT molecular complexity index is 1080. The largest absolute Gasteiger partial charge is 0.462 e. The van der Waals surface area contributed by atoms with E-state index in [1.54, 1.807) is 31.2 Å². The number of carbonyl (C=O) groups excluding carboxylic acids is 1. The number of thioether (sulfide) groups is 1. The number of hydrogen-bond donors (Lipinski definition) is 2. The Labute approximate surface area is 174 Å². The van der Waals surface area contributed by atoms with Crippen molar-refractivity contribution in [2.45, 2.75) is 17.8 Å². The summed E-state index contributed by atoms with van der Waals surface area (Å²) < 4.78 is 18.0. The zero-order valence-electron chi connectivity index (χ0n) is 15.3. The summed E-state index contributed by atoms with van der Waals surface area (Å²) in [5, 5.41) is 17.0. The average Bonchev–Trinajstić information content (AvgIpc) is 3.29. The van der Waals surface area contributed by atoms with E-state index in [1.807, 2.05) is 6.07 Å². The first-order valence-electron chi connectivity index (χ1n) is 8.49. The molecule has 0 bridgehead atoms. The first kappa shape index (κ1) is 20.6. The maximum atomic E-state index is 12.9. The van der Waals surface area contributed by atoms with Gasteiger partial charge in [-0.15, -0.1) is 16.4 Å². The monoisotopic (exact) mass is 429 g/mol. The molecule has 3 aromatic rings. The minimum atomic E-state index is -0.501. The Morgan fingerprint density at radius 2 is 2.17 bits per heavy atom. The number of nitrogens with zero attached hydrogens (tertiary/aromatic N) is 3. The molecular formula is C19H16FN5O2S2. The van der Waals surface area contributed by atoms with Crippen molar-refractivity contribution in [3.63, 3.8) is 0 Å². The zero-order valence-corrected chi connectivity index (χ0v) is 16.9. The van der Waals surface area contributed by atoms with Crippen molar-refractivity contribution in [1.29, 1.82) is 5.26 Å². The van der Waals surface area contributed by atoms with Gasteiger partial charge in [0.15, 0.2) is 0 Å². The molecule has 0 unspecified atom stereocenters. The van der Waals surface area contributed by atoms with Gasteiger partial charge in [0, 0.05) is 11.3 Å². The van der Waals surface area contributed by atoms with E-state index in [4.69, 9.17) is 10.5 Å². The Morgan fingerprint density at radius 3 is 2.86 bits per heavy atom. The predicted octanol–water partition coefficient (Wildman–Crippen LogP) is 4.10. The van der Waals surface area contributed by atoms with Crippen LogP contribution in [0.2, 0.25) is 0 Å². The van der Waals surface area contributed by atoms with Gasteiger partial charge in [-0.2, -0.15) is 5.26 Å². The highest BCUT2D eigenvalue weighted by Crippen LogP contribution is 2.35. The number of nitriles is 1. The highest BCUT2D eigenvalue weighted by molar-refractivity contribution is 7.98. The lowest BCUT2D eigenvalue weighted by atomic mass is 10.2. The third-order valence-corrected chi connectivity index (χ3v) is 5.65. The third kappa shape index (κ3) is 5.01. The van der Waals surface area contributed by atoms with Crippen LogP contribution in [-0.2, 0) is 10.5 Å². The molecule has 0 aliphatic heterocycles. The number of thiophene rings is 1. The molecule has 2 heterocycles. The molecule has 0 radical (unpaired) electrons. The standard InChI is InChI=1S/C19H16FN5O2S2/c1-2-27-18(26)16-14(13(9-21)17(22)29-16)10-28-19-23-15(24-25-19)8-5-11-3-6-12(20)7-4-11/h3-8H,2,10,22H2,1H3,(H,23,24,25)/b8-5-. The number of nitrogens with two attached hydrogens (primary N) is 1. The van der Waals surface area contributed by atoms with Gasteiger partial charge in [-0.1, -0.05) is 30.0 Å². The molecule has 7 nitrogen and oxygen atoms in total. The van der Waals surface area contributed by atoms with Crippen LogP contribution in [0.15, 0.2) is 29.4 Å². The van der Waals surface area contributed by atoms with E-state index >= 15 is 0 Å². The number of aromatic amines is 1. The highest BCUT2D eigenvalue weighted by atomic mass is 32.2. The van der Waals surface area contributed by atoms with E-state index in [0.717, 1.165) is 16.9 Å². The van der Waals surface area contributed by atoms with Gasteiger partial charge in [-0.05, 0) is 30.7 Å². The number of hydrogen-bond acceptors (Lipinski definition) is 8. The molecule has 0 atom stereocenters. The number of carbonyl (C=O) groups is 1. The smallest absolute Gasteiger partial charge is 0.348 e. The van der Waals surface area contributed by atoms with Crippen molar-refractivity contribution in [1.82, 2.24) is 15.2 Å². The second kappa shape index (κ2) is 9.36. The fraction of sp³-hybridized carbons (Fsp3) is 0.158. The van der Waals surface area contributed by atoms with Gasteiger partial charge in [-0.3, -0.25) is 5.10 Å². The van der Waals surface area contributed by atoms with E-state index in [-0.39, 0.29) is 23.0 Å². The minimum Gasteiger partial charge on any atom is -0.462 e. The Kier molecular flexibility index (Phi) is 6.64. The second-order valence-corrected chi connectivity index (χ2v) is 7.65. The Morgan fingerprint density at radius 1 is 1.41 bits per heavy atom. The molecule has 0 aliphatic rings. The zero-order chi connectivity index (χ0) is 20.8. The van der Waals surface area contributed by atoms with Gasteiger partial charge in [0.25, 0.3) is 0 Å². The normalized spacial score (nSPS) is 10.9. The molecule has 2 aromatic heterocycles. The Balaban J connectivity index is 1.72. The predicted molar refractivity (Wildman–Crippen MR) is 111 cm³/mol. The van der Waals surface area contributed by atoms with E-state index in [0.29, 0.717) is 27.2 Å². The van der Waals surface area contributed by atoms with Crippen LogP contribution in [0.3, 0.4) is 0 Å². The molecule has 0 fully saturated rings. The molecule has 148 valence electrons. The summed E-state index contributed by atoms with van der Waals surface area (Å²) in [6, 6.07) is 8.10. The summed E-state index contributed by atoms with van der Waals surface area (Å²) in [7, 11) is 0. The number of anilines is 1. The van der Waals surface area contributed by atoms with Gasteiger partial charge >= 0.3 is 5.97 Å². The maximum Gasteiger partial charge on any atom is 0.348 e. The number of nitrogen functional groups attached to an aromatic ring is 1. The number of H-pyrrole nitrogens is 1. The summed E-state index contributed by atoms with van der Waals surface area (Å²) in [5.74, 6) is 0.0180. The van der Waals surface area contributed by atoms with Crippen LogP contribution in [-0.4, -0.2) is 27.8 Å². The van der Waals surface area contributed by atoms with Gasteiger partial charge in [0.2, 0.25) is 5.16 Å². The molecule has 0 amide bonds. The Hall–Kier alpha value is -3.16. The van der Waals surface area contributed by atoms with E-state index in [2.05, 4.69) is 15.2 Å². The molecule has 0 saturated carbocycles. The average molecular weight is 430 g/mol. The third-order valence-electron chi connectivity index (χ3n) is 3.74. The lowest BCUT2D eigenvalue weighted by Gasteiger charge is -2.02. The second-order valence-electron chi connectivity index (χ2n) is 5.66. The van der Waals surface area contributed by atoms with Gasteiger partial charge < -0.3 is 10.5 Å². The van der Waals surface area contributed by atoms with Crippen LogP contribution in [0.5, 0.6) is 0 Å². The topological polar surface area (TPSA) is 118 Å². The van der Waals surface area contributed by atoms with Crippen molar-refractivity contribution in [3.8, 4) is 6.07 Å². The number of rotatable bonds is 7. The number of benzene rings is 1. The quantitative estimate of drug-likeness (QED) is 0.429. The number of esters is 1. The van der Waals surface area contributed by atoms with E-state index in [9.17, 15) is 14.4 Å². The molecule has 10 heteroatoms. The molecule has 3 N–H and O–H groups in total.